The average molecular weight is 304 g/mol. The zero-order valence-corrected chi connectivity index (χ0v) is 14.3. The van der Waals surface area contributed by atoms with E-state index in [1.54, 1.807) is 0 Å². The lowest BCUT2D eigenvalue weighted by molar-refractivity contribution is -0.0400. The molecule has 0 aromatic heterocycles. The van der Waals surface area contributed by atoms with E-state index in [0.717, 1.165) is 37.7 Å². The van der Waals surface area contributed by atoms with Crippen LogP contribution in [0.4, 0.5) is 4.79 Å². The SMILES string of the molecule is CCC1(OC(=O)Oc2ccccc2C(C)(C)C)CCCCC1. The monoisotopic (exact) mass is 304 g/mol. The molecule has 1 saturated carbocycles. The van der Waals surface area contributed by atoms with Gasteiger partial charge >= 0.3 is 6.16 Å². The highest BCUT2D eigenvalue weighted by atomic mass is 16.7. The van der Waals surface area contributed by atoms with Gasteiger partial charge in [-0.15, -0.1) is 0 Å². The van der Waals surface area contributed by atoms with E-state index in [1.807, 2.05) is 24.3 Å². The molecule has 0 bridgehead atoms. The summed E-state index contributed by atoms with van der Waals surface area (Å²) >= 11 is 0. The summed E-state index contributed by atoms with van der Waals surface area (Å²) in [4.78, 5) is 12.3. The van der Waals surface area contributed by atoms with E-state index in [1.165, 1.54) is 6.42 Å². The molecule has 122 valence electrons. The predicted molar refractivity (Wildman–Crippen MR) is 88.4 cm³/mol. The third-order valence-electron chi connectivity index (χ3n) is 4.60. The van der Waals surface area contributed by atoms with E-state index in [4.69, 9.17) is 9.47 Å². The van der Waals surface area contributed by atoms with Crippen molar-refractivity contribution in [3.63, 3.8) is 0 Å². The van der Waals surface area contributed by atoms with Gasteiger partial charge in [-0.2, -0.15) is 0 Å². The lowest BCUT2D eigenvalue weighted by atomic mass is 9.83. The Morgan fingerprint density at radius 3 is 2.36 bits per heavy atom. The van der Waals surface area contributed by atoms with Crippen molar-refractivity contribution in [3.05, 3.63) is 29.8 Å². The molecule has 1 aliphatic carbocycles. The molecule has 1 aromatic rings. The highest BCUT2D eigenvalue weighted by Crippen LogP contribution is 2.36. The molecule has 0 saturated heterocycles. The zero-order chi connectivity index (χ0) is 16.2. The predicted octanol–water partition coefficient (Wildman–Crippen LogP) is 5.61. The molecule has 0 atom stereocenters. The van der Waals surface area contributed by atoms with E-state index in [2.05, 4.69) is 27.7 Å². The molecule has 0 spiro atoms. The van der Waals surface area contributed by atoms with Gasteiger partial charge in [0.15, 0.2) is 0 Å². The highest BCUT2D eigenvalue weighted by Gasteiger charge is 2.35. The standard InChI is InChI=1S/C19H28O3/c1-5-19(13-9-6-10-14-19)22-17(20)21-16-12-8-7-11-15(16)18(2,3)4/h7-8,11-12H,5-6,9-10,13-14H2,1-4H3. The average Bonchev–Trinajstić information content (AvgIpc) is 2.47. The first-order valence-corrected chi connectivity index (χ1v) is 8.37. The van der Waals surface area contributed by atoms with Crippen molar-refractivity contribution in [1.29, 1.82) is 0 Å². The molecule has 1 aliphatic rings. The second kappa shape index (κ2) is 6.72. The van der Waals surface area contributed by atoms with E-state index in [9.17, 15) is 4.79 Å². The lowest BCUT2D eigenvalue weighted by Crippen LogP contribution is -2.37. The first kappa shape index (κ1) is 16.9. The van der Waals surface area contributed by atoms with Gasteiger partial charge in [0.2, 0.25) is 0 Å². The van der Waals surface area contributed by atoms with Crippen LogP contribution in [0.1, 0.15) is 71.8 Å². The van der Waals surface area contributed by atoms with E-state index in [0.29, 0.717) is 5.75 Å². The molecule has 1 fully saturated rings. The molecule has 2 rings (SSSR count). The fourth-order valence-corrected chi connectivity index (χ4v) is 3.19. The Balaban J connectivity index is 2.09. The zero-order valence-electron chi connectivity index (χ0n) is 14.3. The minimum atomic E-state index is -0.569. The molecule has 22 heavy (non-hydrogen) atoms. The maximum atomic E-state index is 12.3. The summed E-state index contributed by atoms with van der Waals surface area (Å²) in [5.41, 5.74) is 0.608. The van der Waals surface area contributed by atoms with Crippen molar-refractivity contribution in [2.24, 2.45) is 0 Å². The van der Waals surface area contributed by atoms with Crippen molar-refractivity contribution in [2.45, 2.75) is 77.2 Å². The van der Waals surface area contributed by atoms with Gasteiger partial charge in [0, 0.05) is 5.56 Å². The molecule has 1 aromatic carbocycles. The van der Waals surface area contributed by atoms with Crippen molar-refractivity contribution >= 4 is 6.16 Å². The largest absolute Gasteiger partial charge is 0.514 e. The lowest BCUT2D eigenvalue weighted by Gasteiger charge is -2.35. The van der Waals surface area contributed by atoms with Crippen LogP contribution in [0.5, 0.6) is 5.75 Å². The van der Waals surface area contributed by atoms with Gasteiger partial charge in [-0.05, 0) is 43.6 Å². The number of carbonyl (C=O) groups is 1. The number of carbonyl (C=O) groups excluding carboxylic acids is 1. The molecule has 3 heteroatoms. The Hall–Kier alpha value is -1.51. The van der Waals surface area contributed by atoms with Gasteiger partial charge in [0.05, 0.1) is 0 Å². The number of rotatable bonds is 3. The smallest absolute Gasteiger partial charge is 0.427 e. The summed E-state index contributed by atoms with van der Waals surface area (Å²) in [6.45, 7) is 8.40. The second-order valence-electron chi connectivity index (χ2n) is 7.30. The maximum absolute atomic E-state index is 12.3. The topological polar surface area (TPSA) is 35.5 Å². The van der Waals surface area contributed by atoms with Gasteiger partial charge < -0.3 is 9.47 Å². The summed E-state index contributed by atoms with van der Waals surface area (Å²) in [6.07, 6.45) is 5.65. The number of hydrogen-bond donors (Lipinski definition) is 0. The van der Waals surface area contributed by atoms with Crippen LogP contribution in [0.25, 0.3) is 0 Å². The minimum absolute atomic E-state index is 0.0792. The second-order valence-corrected chi connectivity index (χ2v) is 7.30. The van der Waals surface area contributed by atoms with Crippen LogP contribution in [0.3, 0.4) is 0 Å². The van der Waals surface area contributed by atoms with Gasteiger partial charge in [0.1, 0.15) is 11.4 Å². The van der Waals surface area contributed by atoms with Crippen LogP contribution in [0.15, 0.2) is 24.3 Å². The summed E-state index contributed by atoms with van der Waals surface area (Å²) in [5.74, 6) is 0.599. The van der Waals surface area contributed by atoms with Crippen LogP contribution < -0.4 is 4.74 Å². The highest BCUT2D eigenvalue weighted by molar-refractivity contribution is 5.65. The van der Waals surface area contributed by atoms with Gasteiger partial charge in [-0.1, -0.05) is 52.3 Å². The third-order valence-corrected chi connectivity index (χ3v) is 4.60. The van der Waals surface area contributed by atoms with Gasteiger partial charge in [0.25, 0.3) is 0 Å². The number of hydrogen-bond acceptors (Lipinski definition) is 3. The van der Waals surface area contributed by atoms with Gasteiger partial charge in [-0.3, -0.25) is 0 Å². The Kier molecular flexibility index (Phi) is 5.15. The molecule has 3 nitrogen and oxygen atoms in total. The molecule has 0 unspecified atom stereocenters. The number of ether oxygens (including phenoxy) is 2. The summed E-state index contributed by atoms with van der Waals surface area (Å²) in [7, 11) is 0. The quantitative estimate of drug-likeness (QED) is 0.537. The summed E-state index contributed by atoms with van der Waals surface area (Å²) < 4.78 is 11.3. The Morgan fingerprint density at radius 2 is 1.77 bits per heavy atom. The van der Waals surface area contributed by atoms with Crippen molar-refractivity contribution in [2.75, 3.05) is 0 Å². The molecule has 0 aliphatic heterocycles. The maximum Gasteiger partial charge on any atom is 0.514 e. The van der Waals surface area contributed by atoms with E-state index < -0.39 is 6.16 Å². The third kappa shape index (κ3) is 4.02. The molecular formula is C19H28O3. The van der Waals surface area contributed by atoms with E-state index >= 15 is 0 Å². The fourth-order valence-electron chi connectivity index (χ4n) is 3.19. The van der Waals surface area contributed by atoms with Crippen molar-refractivity contribution in [3.8, 4) is 5.75 Å². The Bertz CT molecular complexity index is 508. The first-order valence-electron chi connectivity index (χ1n) is 8.37. The van der Waals surface area contributed by atoms with E-state index in [-0.39, 0.29) is 11.0 Å². The molecule has 0 heterocycles. The van der Waals surface area contributed by atoms with Crippen molar-refractivity contribution in [1.82, 2.24) is 0 Å². The van der Waals surface area contributed by atoms with Gasteiger partial charge in [-0.25, -0.2) is 4.79 Å². The van der Waals surface area contributed by atoms with Crippen LogP contribution in [0.2, 0.25) is 0 Å². The Morgan fingerprint density at radius 1 is 1.14 bits per heavy atom. The summed E-state index contributed by atoms with van der Waals surface area (Å²) in [6, 6.07) is 7.68. The van der Waals surface area contributed by atoms with Crippen LogP contribution in [-0.4, -0.2) is 11.8 Å². The normalized spacial score (nSPS) is 17.8. The molecule has 0 amide bonds. The number of para-hydroxylation sites is 1. The Labute approximate surface area is 134 Å². The molecule has 0 radical (unpaired) electrons. The molecular weight excluding hydrogens is 276 g/mol. The fraction of sp³-hybridized carbons (Fsp3) is 0.632. The molecule has 0 N–H and O–H groups in total. The van der Waals surface area contributed by atoms with Crippen LogP contribution in [-0.2, 0) is 10.2 Å². The van der Waals surface area contributed by atoms with Crippen LogP contribution >= 0.6 is 0 Å². The van der Waals surface area contributed by atoms with Crippen LogP contribution in [0, 0.1) is 0 Å². The van der Waals surface area contributed by atoms with Crippen molar-refractivity contribution < 1.29 is 14.3 Å². The minimum Gasteiger partial charge on any atom is -0.427 e. The number of benzene rings is 1. The first-order chi connectivity index (χ1) is 10.4. The summed E-state index contributed by atoms with van der Waals surface area (Å²) in [5, 5.41) is 0.